The minimum absolute atomic E-state index is 0.190. The molecule has 0 atom stereocenters. The summed E-state index contributed by atoms with van der Waals surface area (Å²) in [5.41, 5.74) is 3.54. The van der Waals surface area contributed by atoms with Crippen LogP contribution in [0.5, 0.6) is 0 Å². The zero-order valence-electron chi connectivity index (χ0n) is 15.3. The molecule has 0 spiro atoms. The van der Waals surface area contributed by atoms with Gasteiger partial charge in [0.25, 0.3) is 5.91 Å². The molecule has 1 fully saturated rings. The lowest BCUT2D eigenvalue weighted by molar-refractivity contribution is 0.0383. The van der Waals surface area contributed by atoms with Crippen LogP contribution in [0.4, 0.5) is 11.6 Å². The van der Waals surface area contributed by atoms with Gasteiger partial charge in [-0.2, -0.15) is 0 Å². The standard InChI is InChI=1S/C19H25N5O2/c1-14-4-3-5-15(2)17(14)23-19-21-7-6-16(22-19)18(25)20-8-9-24-10-12-26-13-11-24/h3-7H,8-13H2,1-2H3,(H,20,25)(H,21,22,23). The average Bonchev–Trinajstić information content (AvgIpc) is 2.66. The molecule has 3 rings (SSSR count). The first-order valence-corrected chi connectivity index (χ1v) is 8.88. The molecular weight excluding hydrogens is 330 g/mol. The van der Waals surface area contributed by atoms with Crippen LogP contribution in [0.2, 0.25) is 0 Å². The van der Waals surface area contributed by atoms with Crippen LogP contribution in [0.3, 0.4) is 0 Å². The number of anilines is 2. The Balaban J connectivity index is 1.58. The molecule has 1 aromatic heterocycles. The average molecular weight is 355 g/mol. The number of amides is 1. The number of aromatic nitrogens is 2. The second-order valence-electron chi connectivity index (χ2n) is 6.37. The number of aryl methyl sites for hydroxylation is 2. The van der Waals surface area contributed by atoms with E-state index >= 15 is 0 Å². The van der Waals surface area contributed by atoms with Crippen molar-refractivity contribution in [1.29, 1.82) is 0 Å². The molecule has 0 saturated carbocycles. The minimum atomic E-state index is -0.190. The molecule has 0 radical (unpaired) electrons. The summed E-state index contributed by atoms with van der Waals surface area (Å²) in [5, 5.41) is 6.14. The number of nitrogens with one attached hydrogen (secondary N) is 2. The molecule has 1 saturated heterocycles. The van der Waals surface area contributed by atoms with Crippen LogP contribution in [0.25, 0.3) is 0 Å². The van der Waals surface area contributed by atoms with E-state index in [4.69, 9.17) is 4.74 Å². The molecule has 0 bridgehead atoms. The Labute approximate surface area is 153 Å². The van der Waals surface area contributed by atoms with Gasteiger partial charge in [0.15, 0.2) is 0 Å². The van der Waals surface area contributed by atoms with Gasteiger partial charge in [0, 0.05) is 38.1 Å². The van der Waals surface area contributed by atoms with Crippen molar-refractivity contribution in [3.05, 3.63) is 47.3 Å². The van der Waals surface area contributed by atoms with Crippen LogP contribution >= 0.6 is 0 Å². The Morgan fingerprint density at radius 1 is 1.19 bits per heavy atom. The van der Waals surface area contributed by atoms with Crippen LogP contribution in [-0.2, 0) is 4.74 Å². The summed E-state index contributed by atoms with van der Waals surface area (Å²) >= 11 is 0. The zero-order valence-corrected chi connectivity index (χ0v) is 15.3. The predicted octanol–water partition coefficient (Wildman–Crippen LogP) is 1.90. The lowest BCUT2D eigenvalue weighted by Gasteiger charge is -2.26. The van der Waals surface area contributed by atoms with E-state index in [1.807, 2.05) is 32.0 Å². The van der Waals surface area contributed by atoms with Gasteiger partial charge in [-0.3, -0.25) is 9.69 Å². The number of ether oxygens (including phenoxy) is 1. The first-order chi connectivity index (χ1) is 12.6. The number of hydrogen-bond donors (Lipinski definition) is 2. The summed E-state index contributed by atoms with van der Waals surface area (Å²) in [5.74, 6) is 0.230. The molecule has 1 aliphatic heterocycles. The van der Waals surface area contributed by atoms with E-state index in [1.165, 1.54) is 0 Å². The summed E-state index contributed by atoms with van der Waals surface area (Å²) in [4.78, 5) is 23.2. The summed E-state index contributed by atoms with van der Waals surface area (Å²) in [7, 11) is 0. The van der Waals surface area contributed by atoms with Gasteiger partial charge < -0.3 is 15.4 Å². The maximum Gasteiger partial charge on any atom is 0.270 e. The number of carbonyl (C=O) groups is 1. The number of para-hydroxylation sites is 1. The van der Waals surface area contributed by atoms with Gasteiger partial charge >= 0.3 is 0 Å². The normalized spacial score (nSPS) is 14.8. The number of benzene rings is 1. The first kappa shape index (κ1) is 18.3. The van der Waals surface area contributed by atoms with Gasteiger partial charge in [-0.1, -0.05) is 18.2 Å². The molecule has 138 valence electrons. The third kappa shape index (κ3) is 4.77. The number of rotatable bonds is 6. The Bertz CT molecular complexity index is 739. The summed E-state index contributed by atoms with van der Waals surface area (Å²) in [6.45, 7) is 8.78. The quantitative estimate of drug-likeness (QED) is 0.824. The van der Waals surface area contributed by atoms with E-state index in [-0.39, 0.29) is 5.91 Å². The molecule has 1 aromatic carbocycles. The molecule has 2 aromatic rings. The van der Waals surface area contributed by atoms with E-state index < -0.39 is 0 Å². The first-order valence-electron chi connectivity index (χ1n) is 8.88. The monoisotopic (exact) mass is 355 g/mol. The highest BCUT2D eigenvalue weighted by Crippen LogP contribution is 2.22. The molecule has 7 heteroatoms. The molecule has 0 aliphatic carbocycles. The third-order valence-corrected chi connectivity index (χ3v) is 4.42. The highest BCUT2D eigenvalue weighted by atomic mass is 16.5. The zero-order chi connectivity index (χ0) is 18.4. The number of hydrogen-bond acceptors (Lipinski definition) is 6. The van der Waals surface area contributed by atoms with Crippen LogP contribution in [0.15, 0.2) is 30.5 Å². The van der Waals surface area contributed by atoms with Crippen molar-refractivity contribution in [2.45, 2.75) is 13.8 Å². The van der Waals surface area contributed by atoms with Gasteiger partial charge in [-0.15, -0.1) is 0 Å². The Morgan fingerprint density at radius 3 is 2.65 bits per heavy atom. The lowest BCUT2D eigenvalue weighted by atomic mass is 10.1. The maximum absolute atomic E-state index is 12.4. The molecule has 2 N–H and O–H groups in total. The van der Waals surface area contributed by atoms with Crippen LogP contribution in [0, 0.1) is 13.8 Å². The Hall–Kier alpha value is -2.51. The van der Waals surface area contributed by atoms with Crippen molar-refractivity contribution in [3.63, 3.8) is 0 Å². The van der Waals surface area contributed by atoms with E-state index in [9.17, 15) is 4.79 Å². The van der Waals surface area contributed by atoms with Crippen molar-refractivity contribution in [2.24, 2.45) is 0 Å². The molecule has 1 amide bonds. The molecule has 7 nitrogen and oxygen atoms in total. The summed E-state index contributed by atoms with van der Waals surface area (Å²) in [6, 6.07) is 7.68. The van der Waals surface area contributed by atoms with Crippen molar-refractivity contribution < 1.29 is 9.53 Å². The number of carbonyl (C=O) groups excluding carboxylic acids is 1. The topological polar surface area (TPSA) is 79.4 Å². The third-order valence-electron chi connectivity index (χ3n) is 4.42. The van der Waals surface area contributed by atoms with E-state index in [2.05, 4.69) is 25.5 Å². The largest absolute Gasteiger partial charge is 0.379 e. The fourth-order valence-corrected chi connectivity index (χ4v) is 2.91. The van der Waals surface area contributed by atoms with Gasteiger partial charge in [0.05, 0.1) is 13.2 Å². The number of nitrogens with zero attached hydrogens (tertiary/aromatic N) is 3. The highest BCUT2D eigenvalue weighted by molar-refractivity contribution is 5.92. The van der Waals surface area contributed by atoms with Crippen LogP contribution in [-0.4, -0.2) is 60.2 Å². The van der Waals surface area contributed by atoms with Crippen molar-refractivity contribution in [3.8, 4) is 0 Å². The smallest absolute Gasteiger partial charge is 0.270 e. The Kier molecular flexibility index (Phi) is 6.14. The molecule has 0 unspecified atom stereocenters. The summed E-state index contributed by atoms with van der Waals surface area (Å²) < 4.78 is 5.32. The van der Waals surface area contributed by atoms with Gasteiger partial charge in [-0.25, -0.2) is 9.97 Å². The SMILES string of the molecule is Cc1cccc(C)c1Nc1nccc(C(=O)NCCN2CCOCC2)n1. The maximum atomic E-state index is 12.4. The Morgan fingerprint density at radius 2 is 1.92 bits per heavy atom. The predicted molar refractivity (Wildman–Crippen MR) is 101 cm³/mol. The van der Waals surface area contributed by atoms with Gasteiger partial charge in [0.1, 0.15) is 5.69 Å². The highest BCUT2D eigenvalue weighted by Gasteiger charge is 2.12. The van der Waals surface area contributed by atoms with Crippen molar-refractivity contribution >= 4 is 17.5 Å². The molecular formula is C19H25N5O2. The van der Waals surface area contributed by atoms with Crippen LogP contribution < -0.4 is 10.6 Å². The molecule has 2 heterocycles. The van der Waals surface area contributed by atoms with E-state index in [1.54, 1.807) is 12.3 Å². The van der Waals surface area contributed by atoms with Crippen molar-refractivity contribution in [2.75, 3.05) is 44.7 Å². The number of morpholine rings is 1. The van der Waals surface area contributed by atoms with Gasteiger partial charge in [-0.05, 0) is 31.0 Å². The fraction of sp³-hybridized carbons (Fsp3) is 0.421. The lowest BCUT2D eigenvalue weighted by Crippen LogP contribution is -2.41. The summed E-state index contributed by atoms with van der Waals surface area (Å²) in [6.07, 6.45) is 1.60. The fourth-order valence-electron chi connectivity index (χ4n) is 2.91. The molecule has 1 aliphatic rings. The van der Waals surface area contributed by atoms with E-state index in [0.29, 0.717) is 18.2 Å². The van der Waals surface area contributed by atoms with Gasteiger partial charge in [0.2, 0.25) is 5.95 Å². The van der Waals surface area contributed by atoms with Crippen molar-refractivity contribution in [1.82, 2.24) is 20.2 Å². The second-order valence-corrected chi connectivity index (χ2v) is 6.37. The second kappa shape index (κ2) is 8.73. The van der Waals surface area contributed by atoms with E-state index in [0.717, 1.165) is 49.7 Å². The molecule has 26 heavy (non-hydrogen) atoms. The van der Waals surface area contributed by atoms with Crippen LogP contribution in [0.1, 0.15) is 21.6 Å². The minimum Gasteiger partial charge on any atom is -0.379 e.